The van der Waals surface area contributed by atoms with Crippen LogP contribution in [-0.4, -0.2) is 24.3 Å². The van der Waals surface area contributed by atoms with Crippen LogP contribution in [0.4, 0.5) is 0 Å². The molecule has 0 saturated heterocycles. The molecule has 1 rings (SSSR count). The van der Waals surface area contributed by atoms with Crippen molar-refractivity contribution in [3.8, 4) is 0 Å². The van der Waals surface area contributed by atoms with Crippen LogP contribution in [0.5, 0.6) is 0 Å². The van der Waals surface area contributed by atoms with Gasteiger partial charge in [-0.1, -0.05) is 13.8 Å². The van der Waals surface area contributed by atoms with Gasteiger partial charge in [0, 0.05) is 16.7 Å². The second kappa shape index (κ2) is 6.72. The molecule has 110 valence electrons. The fourth-order valence-electron chi connectivity index (χ4n) is 1.60. The van der Waals surface area contributed by atoms with Crippen molar-refractivity contribution in [2.75, 3.05) is 0 Å². The van der Waals surface area contributed by atoms with Crippen molar-refractivity contribution in [2.24, 2.45) is 0 Å². The second-order valence-corrected chi connectivity index (χ2v) is 7.16. The molecule has 2 atom stereocenters. The average Bonchev–Trinajstić information content (AvgIpc) is 2.78. The Hall–Kier alpha value is -0.590. The van der Waals surface area contributed by atoms with Crippen molar-refractivity contribution >= 4 is 19.7 Å². The van der Waals surface area contributed by atoms with Crippen molar-refractivity contribution in [2.45, 2.75) is 64.2 Å². The fraction of sp³-hybridized carbons (Fsp3) is 0.750. The molecule has 0 saturated carbocycles. The van der Waals surface area contributed by atoms with E-state index in [4.69, 9.17) is 15.4 Å². The largest absolute Gasteiger partial charge is 0.372 e. The van der Waals surface area contributed by atoms with Crippen LogP contribution in [-0.2, 0) is 20.4 Å². The molecular formula is C12H21ClN2O3S. The number of hydrogen-bond acceptors (Lipinski definition) is 4. The minimum absolute atomic E-state index is 0.0396. The normalized spacial score (nSPS) is 15.4. The van der Waals surface area contributed by atoms with Crippen molar-refractivity contribution < 1.29 is 13.2 Å². The van der Waals surface area contributed by atoms with Crippen LogP contribution in [0.25, 0.3) is 0 Å². The summed E-state index contributed by atoms with van der Waals surface area (Å²) < 4.78 is 30.4. The zero-order valence-electron chi connectivity index (χ0n) is 11.8. The quantitative estimate of drug-likeness (QED) is 0.726. The van der Waals surface area contributed by atoms with Crippen molar-refractivity contribution in [3.63, 3.8) is 0 Å². The van der Waals surface area contributed by atoms with Crippen LogP contribution >= 0.6 is 10.7 Å². The summed E-state index contributed by atoms with van der Waals surface area (Å²) in [5.74, 6) is 0. The lowest BCUT2D eigenvalue weighted by atomic mass is 10.2. The smallest absolute Gasteiger partial charge is 0.264 e. The predicted molar refractivity (Wildman–Crippen MR) is 74.8 cm³/mol. The van der Waals surface area contributed by atoms with Gasteiger partial charge in [-0.15, -0.1) is 0 Å². The molecular weight excluding hydrogens is 288 g/mol. The molecule has 0 aromatic carbocycles. The highest BCUT2D eigenvalue weighted by atomic mass is 35.7. The first-order valence-corrected chi connectivity index (χ1v) is 8.74. The van der Waals surface area contributed by atoms with Crippen LogP contribution < -0.4 is 0 Å². The molecule has 1 heterocycles. The van der Waals surface area contributed by atoms with Gasteiger partial charge in [-0.25, -0.2) is 8.42 Å². The van der Waals surface area contributed by atoms with E-state index in [1.54, 1.807) is 4.68 Å². The molecule has 0 N–H and O–H groups in total. The van der Waals surface area contributed by atoms with E-state index < -0.39 is 9.05 Å². The lowest BCUT2D eigenvalue weighted by Crippen LogP contribution is -2.15. The van der Waals surface area contributed by atoms with Crippen LogP contribution in [0.15, 0.2) is 11.1 Å². The first-order chi connectivity index (χ1) is 8.81. The summed E-state index contributed by atoms with van der Waals surface area (Å²) in [6.07, 6.45) is 3.07. The zero-order chi connectivity index (χ0) is 14.6. The third-order valence-corrected chi connectivity index (χ3v) is 4.58. The molecule has 5 nitrogen and oxygen atoms in total. The monoisotopic (exact) mass is 308 g/mol. The number of hydrogen-bond donors (Lipinski definition) is 0. The van der Waals surface area contributed by atoms with E-state index in [0.29, 0.717) is 5.69 Å². The molecule has 1 aromatic rings. The van der Waals surface area contributed by atoms with E-state index in [1.807, 2.05) is 27.7 Å². The van der Waals surface area contributed by atoms with Crippen molar-refractivity contribution in [3.05, 3.63) is 11.9 Å². The van der Waals surface area contributed by atoms with Gasteiger partial charge in [0.1, 0.15) is 4.90 Å². The molecule has 0 spiro atoms. The molecule has 0 aliphatic heterocycles. The number of rotatable bonds is 7. The molecule has 0 aliphatic carbocycles. The Morgan fingerprint density at radius 2 is 2.00 bits per heavy atom. The van der Waals surface area contributed by atoms with Crippen LogP contribution in [0.1, 0.15) is 52.3 Å². The minimum atomic E-state index is -3.80. The second-order valence-electron chi connectivity index (χ2n) is 4.63. The van der Waals surface area contributed by atoms with Gasteiger partial charge in [0.2, 0.25) is 0 Å². The van der Waals surface area contributed by atoms with Gasteiger partial charge in [0.25, 0.3) is 9.05 Å². The Balaban J connectivity index is 3.11. The fourth-order valence-corrected chi connectivity index (χ4v) is 2.60. The predicted octanol–water partition coefficient (Wildman–Crippen LogP) is 3.10. The Labute approximate surface area is 119 Å². The Morgan fingerprint density at radius 1 is 1.37 bits per heavy atom. The summed E-state index contributed by atoms with van der Waals surface area (Å²) in [7, 11) is 1.64. The molecule has 0 fully saturated rings. The molecule has 19 heavy (non-hydrogen) atoms. The maximum atomic E-state index is 11.5. The first-order valence-electron chi connectivity index (χ1n) is 6.43. The van der Waals surface area contributed by atoms with Gasteiger partial charge in [-0.3, -0.25) is 4.68 Å². The summed E-state index contributed by atoms with van der Waals surface area (Å²) in [6, 6.07) is 0.0997. The third-order valence-electron chi connectivity index (χ3n) is 3.21. The topological polar surface area (TPSA) is 61.2 Å². The Morgan fingerprint density at radius 3 is 2.47 bits per heavy atom. The van der Waals surface area contributed by atoms with Gasteiger partial charge in [0.05, 0.1) is 24.6 Å². The molecule has 0 bridgehead atoms. The lowest BCUT2D eigenvalue weighted by molar-refractivity contribution is 0.0446. The first kappa shape index (κ1) is 16.5. The van der Waals surface area contributed by atoms with E-state index in [1.165, 1.54) is 6.20 Å². The summed E-state index contributed by atoms with van der Waals surface area (Å²) in [4.78, 5) is 0.0396. The molecule has 0 amide bonds. The van der Waals surface area contributed by atoms with Crippen molar-refractivity contribution in [1.82, 2.24) is 9.78 Å². The highest BCUT2D eigenvalue weighted by Crippen LogP contribution is 2.24. The maximum Gasteiger partial charge on any atom is 0.264 e. The molecule has 0 radical (unpaired) electrons. The lowest BCUT2D eigenvalue weighted by Gasteiger charge is -2.16. The van der Waals surface area contributed by atoms with Gasteiger partial charge in [-0.05, 0) is 26.7 Å². The molecule has 7 heteroatoms. The van der Waals surface area contributed by atoms with Crippen LogP contribution in [0.3, 0.4) is 0 Å². The molecule has 0 unspecified atom stereocenters. The Bertz CT molecular complexity index is 513. The third kappa shape index (κ3) is 4.19. The van der Waals surface area contributed by atoms with Gasteiger partial charge in [-0.2, -0.15) is 5.10 Å². The summed E-state index contributed by atoms with van der Waals surface area (Å²) in [6.45, 7) is 8.14. The summed E-state index contributed by atoms with van der Waals surface area (Å²) in [5.41, 5.74) is 0.518. The number of nitrogens with zero attached hydrogens (tertiary/aromatic N) is 2. The van der Waals surface area contributed by atoms with E-state index in [-0.39, 0.29) is 23.6 Å². The summed E-state index contributed by atoms with van der Waals surface area (Å²) in [5, 5.41) is 4.13. The standard InChI is InChI=1S/C12H21ClN2O3S/c1-5-9(3)15-11(8-18-10(4)6-2)12(7-14-15)19(13,16)17/h7,9-10H,5-6,8H2,1-4H3/t9-,10+/m0/s1. The summed E-state index contributed by atoms with van der Waals surface area (Å²) >= 11 is 0. The number of ether oxygens (including phenoxy) is 1. The highest BCUT2D eigenvalue weighted by molar-refractivity contribution is 8.13. The van der Waals surface area contributed by atoms with E-state index in [9.17, 15) is 8.42 Å². The highest BCUT2D eigenvalue weighted by Gasteiger charge is 2.23. The number of halogens is 1. The SMILES string of the molecule is CC[C@@H](C)OCc1c(S(=O)(=O)Cl)cnn1[C@@H](C)CC. The molecule has 0 aliphatic rings. The average molecular weight is 309 g/mol. The Kier molecular flexibility index (Phi) is 5.82. The zero-order valence-corrected chi connectivity index (χ0v) is 13.3. The van der Waals surface area contributed by atoms with Gasteiger partial charge in [0.15, 0.2) is 0 Å². The van der Waals surface area contributed by atoms with Crippen LogP contribution in [0.2, 0.25) is 0 Å². The molecule has 1 aromatic heterocycles. The minimum Gasteiger partial charge on any atom is -0.372 e. The van der Waals surface area contributed by atoms with E-state index in [2.05, 4.69) is 5.10 Å². The number of aromatic nitrogens is 2. The maximum absolute atomic E-state index is 11.5. The van der Waals surface area contributed by atoms with Gasteiger partial charge >= 0.3 is 0 Å². The van der Waals surface area contributed by atoms with E-state index >= 15 is 0 Å². The van der Waals surface area contributed by atoms with Crippen LogP contribution in [0, 0.1) is 0 Å². The van der Waals surface area contributed by atoms with E-state index in [0.717, 1.165) is 12.8 Å². The van der Waals surface area contributed by atoms with Crippen molar-refractivity contribution in [1.29, 1.82) is 0 Å². The van der Waals surface area contributed by atoms with Gasteiger partial charge < -0.3 is 4.74 Å².